The molecule has 2 aliphatic rings. The average Bonchev–Trinajstić information content (AvgIpc) is 3.54. The molecule has 0 amide bonds. The second kappa shape index (κ2) is 11.9. The second-order valence-corrected chi connectivity index (χ2v) is 15.6. The second-order valence-electron chi connectivity index (χ2n) is 15.6. The zero-order valence-electron chi connectivity index (χ0n) is 31.0. The highest BCUT2D eigenvalue weighted by atomic mass is 15.1. The molecule has 0 bridgehead atoms. The predicted octanol–water partition coefficient (Wildman–Crippen LogP) is 14.1. The van der Waals surface area contributed by atoms with Crippen molar-refractivity contribution in [3.05, 3.63) is 234 Å². The van der Waals surface area contributed by atoms with E-state index in [1.54, 1.807) is 0 Å². The highest BCUT2D eigenvalue weighted by Crippen LogP contribution is 2.62. The SMILES string of the molecule is CC1(C)c2ccccc2C2(c3ccccc3-c3ccccc32)c2ccc(N(c3cccc4ccccc34)c3ccc(-c4ccccc4)c4ccccc34)cc21. The van der Waals surface area contributed by atoms with Crippen LogP contribution in [0.2, 0.25) is 0 Å². The Labute approximate surface area is 322 Å². The minimum Gasteiger partial charge on any atom is -0.309 e. The first-order valence-electron chi connectivity index (χ1n) is 19.4. The maximum absolute atomic E-state index is 2.51. The summed E-state index contributed by atoms with van der Waals surface area (Å²) < 4.78 is 0. The number of anilines is 3. The summed E-state index contributed by atoms with van der Waals surface area (Å²) >= 11 is 0. The van der Waals surface area contributed by atoms with E-state index >= 15 is 0 Å². The first kappa shape index (κ1) is 31.8. The van der Waals surface area contributed by atoms with Gasteiger partial charge in [-0.15, -0.1) is 0 Å². The largest absolute Gasteiger partial charge is 0.309 e. The van der Waals surface area contributed by atoms with Gasteiger partial charge in [-0.2, -0.15) is 0 Å². The predicted molar refractivity (Wildman–Crippen MR) is 231 cm³/mol. The molecule has 0 atom stereocenters. The van der Waals surface area contributed by atoms with Gasteiger partial charge in [-0.05, 0) is 90.7 Å². The molecule has 0 unspecified atom stereocenters. The van der Waals surface area contributed by atoms with E-state index in [0.29, 0.717) is 0 Å². The Morgan fingerprint density at radius 2 is 0.891 bits per heavy atom. The quantitative estimate of drug-likeness (QED) is 0.177. The van der Waals surface area contributed by atoms with Crippen LogP contribution in [0.5, 0.6) is 0 Å². The van der Waals surface area contributed by atoms with Crippen LogP contribution in [0.15, 0.2) is 200 Å². The van der Waals surface area contributed by atoms with Crippen molar-refractivity contribution < 1.29 is 0 Å². The third-order valence-electron chi connectivity index (χ3n) is 12.5. The minimum atomic E-state index is -0.429. The van der Waals surface area contributed by atoms with Crippen molar-refractivity contribution in [1.29, 1.82) is 0 Å². The standard InChI is InChI=1S/C54H39N/c1-53(2)47-28-14-15-29-48(47)54(45-26-12-10-23-42(45)43-24-11-13-27-46(43)54)49-33-31-38(35-50(49)53)55(51-30-16-20-37-19-6-7-21-40(37)51)52-34-32-39(36-17-4-3-5-18-36)41-22-8-9-25-44(41)52/h3-35H,1-2H3. The molecule has 9 aromatic rings. The molecule has 9 aromatic carbocycles. The molecular weight excluding hydrogens is 663 g/mol. The molecular formula is C54H39N. The number of nitrogens with zero attached hydrogens (tertiary/aromatic N) is 1. The molecule has 1 spiro atoms. The monoisotopic (exact) mass is 701 g/mol. The zero-order chi connectivity index (χ0) is 36.7. The van der Waals surface area contributed by atoms with Gasteiger partial charge in [0.2, 0.25) is 0 Å². The van der Waals surface area contributed by atoms with E-state index < -0.39 is 5.41 Å². The topological polar surface area (TPSA) is 3.24 Å². The molecule has 1 heteroatoms. The summed E-state index contributed by atoms with van der Waals surface area (Å²) in [6.45, 7) is 4.83. The molecule has 0 saturated carbocycles. The van der Waals surface area contributed by atoms with Crippen LogP contribution in [0.4, 0.5) is 17.1 Å². The van der Waals surface area contributed by atoms with E-state index in [1.807, 2.05) is 0 Å². The number of hydrogen-bond acceptors (Lipinski definition) is 1. The van der Waals surface area contributed by atoms with Crippen LogP contribution < -0.4 is 4.90 Å². The Hall–Kier alpha value is -6.70. The van der Waals surface area contributed by atoms with Crippen molar-refractivity contribution in [1.82, 2.24) is 0 Å². The summed E-state index contributed by atoms with van der Waals surface area (Å²) in [5.41, 5.74) is 16.1. The van der Waals surface area contributed by atoms with Crippen molar-refractivity contribution >= 4 is 38.6 Å². The molecule has 0 aromatic heterocycles. The van der Waals surface area contributed by atoms with Gasteiger partial charge in [0.05, 0.1) is 16.8 Å². The maximum Gasteiger partial charge on any atom is 0.0719 e. The van der Waals surface area contributed by atoms with Gasteiger partial charge in [0.1, 0.15) is 0 Å². The third kappa shape index (κ3) is 4.41. The van der Waals surface area contributed by atoms with Gasteiger partial charge in [-0.1, -0.05) is 190 Å². The smallest absolute Gasteiger partial charge is 0.0719 e. The molecule has 260 valence electrons. The highest BCUT2D eigenvalue weighted by molar-refractivity contribution is 6.09. The van der Waals surface area contributed by atoms with Crippen molar-refractivity contribution in [3.63, 3.8) is 0 Å². The summed E-state index contributed by atoms with van der Waals surface area (Å²) in [6.07, 6.45) is 0. The van der Waals surface area contributed by atoms with Gasteiger partial charge in [-0.25, -0.2) is 0 Å². The van der Waals surface area contributed by atoms with Crippen LogP contribution in [-0.2, 0) is 10.8 Å². The average molecular weight is 702 g/mol. The molecule has 1 nitrogen and oxygen atoms in total. The van der Waals surface area contributed by atoms with E-state index in [9.17, 15) is 0 Å². The molecule has 0 heterocycles. The van der Waals surface area contributed by atoms with E-state index in [0.717, 1.165) is 17.1 Å². The lowest BCUT2D eigenvalue weighted by Gasteiger charge is -2.47. The highest BCUT2D eigenvalue weighted by Gasteiger charge is 2.53. The lowest BCUT2D eigenvalue weighted by atomic mass is 9.55. The normalized spacial score (nSPS) is 14.3. The minimum absolute atomic E-state index is 0.261. The van der Waals surface area contributed by atoms with Crippen LogP contribution >= 0.6 is 0 Å². The fraction of sp³-hybridized carbons (Fsp3) is 0.0741. The molecule has 0 radical (unpaired) electrons. The molecule has 0 fully saturated rings. The lowest BCUT2D eigenvalue weighted by Crippen LogP contribution is -2.40. The Morgan fingerprint density at radius 3 is 1.64 bits per heavy atom. The van der Waals surface area contributed by atoms with Gasteiger partial charge in [0, 0.05) is 21.9 Å². The van der Waals surface area contributed by atoms with Crippen LogP contribution in [0.3, 0.4) is 0 Å². The maximum atomic E-state index is 2.51. The van der Waals surface area contributed by atoms with E-state index in [2.05, 4.69) is 219 Å². The Bertz CT molecular complexity index is 2920. The summed E-state index contributed by atoms with van der Waals surface area (Å²) in [5.74, 6) is 0. The van der Waals surface area contributed by atoms with E-state index in [-0.39, 0.29) is 5.41 Å². The zero-order valence-corrected chi connectivity index (χ0v) is 31.0. The van der Waals surface area contributed by atoms with Crippen molar-refractivity contribution in [2.45, 2.75) is 24.7 Å². The Kier molecular flexibility index (Phi) is 6.88. The van der Waals surface area contributed by atoms with Crippen molar-refractivity contribution in [2.75, 3.05) is 4.90 Å². The Morgan fingerprint density at radius 1 is 0.345 bits per heavy atom. The van der Waals surface area contributed by atoms with Crippen molar-refractivity contribution in [2.24, 2.45) is 0 Å². The fourth-order valence-corrected chi connectivity index (χ4v) is 10.1. The molecule has 11 rings (SSSR count). The van der Waals surface area contributed by atoms with Crippen LogP contribution in [0, 0.1) is 0 Å². The van der Waals surface area contributed by atoms with Crippen LogP contribution in [0.25, 0.3) is 43.8 Å². The Balaban J connectivity index is 1.22. The summed E-state index contributed by atoms with van der Waals surface area (Å²) in [7, 11) is 0. The van der Waals surface area contributed by atoms with Crippen LogP contribution in [-0.4, -0.2) is 0 Å². The number of hydrogen-bond donors (Lipinski definition) is 0. The van der Waals surface area contributed by atoms with Crippen LogP contribution in [0.1, 0.15) is 47.2 Å². The van der Waals surface area contributed by atoms with Gasteiger partial charge in [0.25, 0.3) is 0 Å². The van der Waals surface area contributed by atoms with Gasteiger partial charge >= 0.3 is 0 Å². The van der Waals surface area contributed by atoms with Gasteiger partial charge in [-0.3, -0.25) is 0 Å². The third-order valence-corrected chi connectivity index (χ3v) is 12.5. The number of fused-ring (bicyclic) bond motifs is 11. The summed E-state index contributed by atoms with van der Waals surface area (Å²) in [6, 6.07) is 74.5. The fourth-order valence-electron chi connectivity index (χ4n) is 10.1. The van der Waals surface area contributed by atoms with Crippen molar-refractivity contribution in [3.8, 4) is 22.3 Å². The van der Waals surface area contributed by atoms with Gasteiger partial charge < -0.3 is 4.90 Å². The van der Waals surface area contributed by atoms with E-state index in [4.69, 9.17) is 0 Å². The first-order chi connectivity index (χ1) is 27.1. The van der Waals surface area contributed by atoms with Gasteiger partial charge in [0.15, 0.2) is 0 Å². The number of benzene rings is 9. The lowest BCUT2D eigenvalue weighted by molar-refractivity contribution is 0.563. The molecule has 2 aliphatic carbocycles. The van der Waals surface area contributed by atoms with E-state index in [1.165, 1.54) is 77.2 Å². The number of rotatable bonds is 4. The summed E-state index contributed by atoms with van der Waals surface area (Å²) in [4.78, 5) is 2.51. The molecule has 0 aliphatic heterocycles. The first-order valence-corrected chi connectivity index (χ1v) is 19.4. The molecule has 0 saturated heterocycles. The summed E-state index contributed by atoms with van der Waals surface area (Å²) in [5, 5.41) is 4.90. The molecule has 55 heavy (non-hydrogen) atoms. The molecule has 0 N–H and O–H groups in total.